The Hall–Kier alpha value is -4.82. The summed E-state index contributed by atoms with van der Waals surface area (Å²) in [6.07, 6.45) is 7.83. The van der Waals surface area contributed by atoms with Gasteiger partial charge in [-0.15, -0.1) is 0 Å². The Bertz CT molecular complexity index is 2100. The SMILES string of the molecule is CC1CC=CC=C1n1c2ccccc2c2cc(-c3ccc4c(c3)c3ccccc3n4-c3ccccc3)ccc21. The van der Waals surface area contributed by atoms with Gasteiger partial charge in [-0.2, -0.15) is 0 Å². The molecule has 0 spiro atoms. The van der Waals surface area contributed by atoms with Crippen molar-refractivity contribution in [1.29, 1.82) is 0 Å². The summed E-state index contributed by atoms with van der Waals surface area (Å²) in [5.41, 5.74) is 10.1. The number of hydrogen-bond donors (Lipinski definition) is 0. The first-order valence-corrected chi connectivity index (χ1v) is 13.8. The number of fused-ring (bicyclic) bond motifs is 6. The van der Waals surface area contributed by atoms with Crippen LogP contribution in [0, 0.1) is 5.92 Å². The van der Waals surface area contributed by atoms with Crippen LogP contribution in [0.1, 0.15) is 13.3 Å². The third kappa shape index (κ3) is 3.35. The van der Waals surface area contributed by atoms with Crippen LogP contribution in [0.15, 0.2) is 133 Å². The lowest BCUT2D eigenvalue weighted by Gasteiger charge is -2.20. The molecule has 2 heteroatoms. The highest BCUT2D eigenvalue weighted by molar-refractivity contribution is 6.13. The Balaban J connectivity index is 1.35. The summed E-state index contributed by atoms with van der Waals surface area (Å²) < 4.78 is 4.85. The molecule has 2 aromatic heterocycles. The molecule has 1 unspecified atom stereocenters. The van der Waals surface area contributed by atoms with Gasteiger partial charge in [0.15, 0.2) is 0 Å². The van der Waals surface area contributed by atoms with E-state index in [4.69, 9.17) is 0 Å². The van der Waals surface area contributed by atoms with Gasteiger partial charge in [-0.1, -0.05) is 85.8 Å². The Morgan fingerprint density at radius 1 is 0.538 bits per heavy atom. The molecular weight excluding hydrogens is 472 g/mol. The lowest BCUT2D eigenvalue weighted by molar-refractivity contribution is 0.725. The summed E-state index contributed by atoms with van der Waals surface area (Å²) in [6, 6.07) is 42.1. The predicted octanol–water partition coefficient (Wildman–Crippen LogP) is 10.00. The lowest BCUT2D eigenvalue weighted by atomic mass is 9.98. The molecule has 39 heavy (non-hydrogen) atoms. The van der Waals surface area contributed by atoms with E-state index in [0.29, 0.717) is 5.92 Å². The van der Waals surface area contributed by atoms with Crippen molar-refractivity contribution in [3.05, 3.63) is 133 Å². The summed E-state index contributed by atoms with van der Waals surface area (Å²) in [5, 5.41) is 5.17. The average Bonchev–Trinajstić information content (AvgIpc) is 3.50. The molecule has 5 aromatic carbocycles. The van der Waals surface area contributed by atoms with Crippen LogP contribution in [0.25, 0.3) is 66.1 Å². The smallest absolute Gasteiger partial charge is 0.0541 e. The van der Waals surface area contributed by atoms with Crippen molar-refractivity contribution in [2.24, 2.45) is 5.92 Å². The molecule has 1 atom stereocenters. The van der Waals surface area contributed by atoms with Crippen molar-refractivity contribution in [3.63, 3.8) is 0 Å². The minimum Gasteiger partial charge on any atom is -0.313 e. The Kier molecular flexibility index (Phi) is 4.90. The van der Waals surface area contributed by atoms with Gasteiger partial charge in [-0.3, -0.25) is 0 Å². The van der Waals surface area contributed by atoms with E-state index in [9.17, 15) is 0 Å². The van der Waals surface area contributed by atoms with Gasteiger partial charge in [0.25, 0.3) is 0 Å². The Morgan fingerprint density at radius 2 is 1.08 bits per heavy atom. The number of allylic oxidation sites excluding steroid dienone is 4. The van der Waals surface area contributed by atoms with Gasteiger partial charge in [-0.25, -0.2) is 0 Å². The van der Waals surface area contributed by atoms with Crippen LogP contribution in [-0.2, 0) is 0 Å². The largest absolute Gasteiger partial charge is 0.313 e. The monoisotopic (exact) mass is 500 g/mol. The summed E-state index contributed by atoms with van der Waals surface area (Å²) in [4.78, 5) is 0. The topological polar surface area (TPSA) is 9.86 Å². The number of nitrogens with zero attached hydrogens (tertiary/aromatic N) is 2. The minimum absolute atomic E-state index is 0.484. The van der Waals surface area contributed by atoms with Crippen molar-refractivity contribution >= 4 is 49.3 Å². The predicted molar refractivity (Wildman–Crippen MR) is 166 cm³/mol. The lowest BCUT2D eigenvalue weighted by Crippen LogP contribution is -2.07. The van der Waals surface area contributed by atoms with Gasteiger partial charge in [0, 0.05) is 38.8 Å². The van der Waals surface area contributed by atoms with Crippen molar-refractivity contribution in [1.82, 2.24) is 9.13 Å². The van der Waals surface area contributed by atoms with E-state index in [-0.39, 0.29) is 0 Å². The second kappa shape index (κ2) is 8.61. The molecule has 0 saturated carbocycles. The molecule has 2 nitrogen and oxygen atoms in total. The average molecular weight is 501 g/mol. The van der Waals surface area contributed by atoms with E-state index in [1.54, 1.807) is 0 Å². The van der Waals surface area contributed by atoms with Gasteiger partial charge < -0.3 is 9.13 Å². The van der Waals surface area contributed by atoms with E-state index in [1.807, 2.05) is 0 Å². The van der Waals surface area contributed by atoms with Crippen molar-refractivity contribution in [3.8, 4) is 16.8 Å². The molecule has 0 radical (unpaired) electrons. The van der Waals surface area contributed by atoms with Gasteiger partial charge in [0.2, 0.25) is 0 Å². The van der Waals surface area contributed by atoms with Crippen LogP contribution in [-0.4, -0.2) is 9.13 Å². The molecule has 2 heterocycles. The van der Waals surface area contributed by atoms with Crippen LogP contribution in [0.2, 0.25) is 0 Å². The quantitative estimate of drug-likeness (QED) is 0.228. The Labute approximate surface area is 227 Å². The molecule has 0 fully saturated rings. The van der Waals surface area contributed by atoms with E-state index in [1.165, 1.54) is 66.1 Å². The highest BCUT2D eigenvalue weighted by Gasteiger charge is 2.19. The zero-order valence-electron chi connectivity index (χ0n) is 21.9. The fourth-order valence-corrected chi connectivity index (χ4v) is 6.47. The fourth-order valence-electron chi connectivity index (χ4n) is 6.47. The second-order valence-electron chi connectivity index (χ2n) is 10.7. The van der Waals surface area contributed by atoms with Crippen LogP contribution < -0.4 is 0 Å². The number of para-hydroxylation sites is 3. The van der Waals surface area contributed by atoms with Gasteiger partial charge in [0.1, 0.15) is 0 Å². The van der Waals surface area contributed by atoms with E-state index >= 15 is 0 Å². The molecule has 0 aliphatic heterocycles. The maximum atomic E-state index is 2.47. The molecule has 1 aliphatic carbocycles. The molecule has 7 aromatic rings. The molecule has 0 amide bonds. The molecular formula is C37H28N2. The number of rotatable bonds is 3. The molecule has 0 N–H and O–H groups in total. The second-order valence-corrected chi connectivity index (χ2v) is 10.7. The molecule has 186 valence electrons. The minimum atomic E-state index is 0.484. The highest BCUT2D eigenvalue weighted by atomic mass is 15.0. The van der Waals surface area contributed by atoms with Crippen LogP contribution in [0.4, 0.5) is 0 Å². The maximum Gasteiger partial charge on any atom is 0.0541 e. The van der Waals surface area contributed by atoms with E-state index in [0.717, 1.165) is 6.42 Å². The van der Waals surface area contributed by atoms with Gasteiger partial charge >= 0.3 is 0 Å². The third-order valence-corrected chi connectivity index (χ3v) is 8.35. The number of benzene rings is 5. The first-order chi connectivity index (χ1) is 19.3. The maximum absolute atomic E-state index is 2.47. The summed E-state index contributed by atoms with van der Waals surface area (Å²) in [5.74, 6) is 0.484. The Morgan fingerprint density at radius 3 is 1.72 bits per heavy atom. The van der Waals surface area contributed by atoms with E-state index in [2.05, 4.69) is 150 Å². The zero-order valence-corrected chi connectivity index (χ0v) is 21.9. The molecule has 1 aliphatic rings. The van der Waals surface area contributed by atoms with Gasteiger partial charge in [0.05, 0.1) is 22.1 Å². The van der Waals surface area contributed by atoms with Crippen molar-refractivity contribution in [2.45, 2.75) is 13.3 Å². The van der Waals surface area contributed by atoms with Crippen LogP contribution in [0.5, 0.6) is 0 Å². The summed E-state index contributed by atoms with van der Waals surface area (Å²) in [7, 11) is 0. The van der Waals surface area contributed by atoms with Crippen molar-refractivity contribution < 1.29 is 0 Å². The van der Waals surface area contributed by atoms with Gasteiger partial charge in [-0.05, 0) is 72.2 Å². The summed E-state index contributed by atoms with van der Waals surface area (Å²) in [6.45, 7) is 2.32. The summed E-state index contributed by atoms with van der Waals surface area (Å²) >= 11 is 0. The first-order valence-electron chi connectivity index (χ1n) is 13.8. The highest BCUT2D eigenvalue weighted by Crippen LogP contribution is 2.39. The van der Waals surface area contributed by atoms with Crippen LogP contribution >= 0.6 is 0 Å². The zero-order chi connectivity index (χ0) is 25.9. The van der Waals surface area contributed by atoms with E-state index < -0.39 is 0 Å². The fraction of sp³-hybridized carbons (Fsp3) is 0.0811. The van der Waals surface area contributed by atoms with Crippen LogP contribution in [0.3, 0.4) is 0 Å². The molecule has 0 saturated heterocycles. The normalized spacial score (nSPS) is 15.5. The molecule has 0 bridgehead atoms. The standard InChI is InChI=1S/C37H28N2/c1-25-11-5-8-16-33(25)39-35-18-10-7-15-30(35)32-24-27(20-22-37(32)39)26-19-21-36-31(23-26)29-14-6-9-17-34(29)38(36)28-12-3-2-4-13-28/h2-10,12-25H,11H2,1H3. The number of aromatic nitrogens is 2. The molecule has 8 rings (SSSR count). The van der Waals surface area contributed by atoms with Crippen molar-refractivity contribution in [2.75, 3.05) is 0 Å². The first kappa shape index (κ1) is 22.2. The third-order valence-electron chi connectivity index (χ3n) is 8.35. The number of hydrogen-bond acceptors (Lipinski definition) is 0.